The lowest BCUT2D eigenvalue weighted by Crippen LogP contribution is -1.96. The van der Waals surface area contributed by atoms with Gasteiger partial charge in [0.1, 0.15) is 22.6 Å². The highest BCUT2D eigenvalue weighted by molar-refractivity contribution is 7.13. The fraction of sp³-hybridized carbons (Fsp3) is 0.0952. The monoisotopic (exact) mass is 376 g/mol. The van der Waals surface area contributed by atoms with Crippen LogP contribution >= 0.6 is 11.3 Å². The number of carbonyl (C=O) groups excluding carboxylic acids is 1. The fourth-order valence-electron chi connectivity index (χ4n) is 2.34. The number of ketones is 1. The largest absolute Gasteiger partial charge is 0.497 e. The van der Waals surface area contributed by atoms with Crippen molar-refractivity contribution in [3.8, 4) is 28.1 Å². The summed E-state index contributed by atoms with van der Waals surface area (Å²) in [4.78, 5) is 16.8. The average molecular weight is 376 g/mol. The van der Waals surface area contributed by atoms with Gasteiger partial charge in [-0.15, -0.1) is 11.3 Å². The van der Waals surface area contributed by atoms with Crippen LogP contribution in [0.15, 0.2) is 60.0 Å². The van der Waals surface area contributed by atoms with E-state index in [1.54, 1.807) is 37.5 Å². The summed E-state index contributed by atoms with van der Waals surface area (Å²) in [6, 6.07) is 16.3. The maximum Gasteiger partial charge on any atom is 0.185 e. The summed E-state index contributed by atoms with van der Waals surface area (Å²) < 4.78 is 10.4. The van der Waals surface area contributed by atoms with E-state index < -0.39 is 0 Å². The Morgan fingerprint density at radius 1 is 1.22 bits per heavy atom. The molecule has 0 amide bonds. The zero-order chi connectivity index (χ0) is 19.1. The molecule has 2 aromatic carbocycles. The first kappa shape index (κ1) is 18.4. The number of hydrogen-bond donors (Lipinski definition) is 0. The number of rotatable bonds is 7. The van der Waals surface area contributed by atoms with Crippen LogP contribution in [0.4, 0.5) is 0 Å². The van der Waals surface area contributed by atoms with E-state index in [9.17, 15) is 4.79 Å². The van der Waals surface area contributed by atoms with Crippen LogP contribution in [0.1, 0.15) is 16.1 Å². The number of hydrogen-bond acceptors (Lipinski definition) is 6. The minimum absolute atomic E-state index is 0.0212. The van der Waals surface area contributed by atoms with Crippen LogP contribution in [0.2, 0.25) is 0 Å². The van der Waals surface area contributed by atoms with Crippen molar-refractivity contribution < 1.29 is 14.3 Å². The van der Waals surface area contributed by atoms with Crippen molar-refractivity contribution in [2.45, 2.75) is 0 Å². The van der Waals surface area contributed by atoms with Crippen molar-refractivity contribution in [2.75, 3.05) is 13.7 Å². The predicted octanol–water partition coefficient (Wildman–Crippen LogP) is 4.62. The van der Waals surface area contributed by atoms with Crippen molar-refractivity contribution in [3.05, 3.63) is 71.2 Å². The molecule has 6 heteroatoms. The van der Waals surface area contributed by atoms with Gasteiger partial charge in [0, 0.05) is 16.5 Å². The van der Waals surface area contributed by atoms with Gasteiger partial charge in [-0.3, -0.25) is 4.79 Å². The van der Waals surface area contributed by atoms with E-state index in [-0.39, 0.29) is 12.4 Å². The molecule has 0 bridgehead atoms. The van der Waals surface area contributed by atoms with Gasteiger partial charge >= 0.3 is 0 Å². The second kappa shape index (κ2) is 8.79. The van der Waals surface area contributed by atoms with Crippen molar-refractivity contribution in [1.82, 2.24) is 4.98 Å². The van der Waals surface area contributed by atoms with Gasteiger partial charge in [-0.25, -0.2) is 4.98 Å². The van der Waals surface area contributed by atoms with Gasteiger partial charge in [0.15, 0.2) is 12.4 Å². The summed E-state index contributed by atoms with van der Waals surface area (Å²) in [5.74, 6) is 1.20. The number of nitriles is 1. The summed E-state index contributed by atoms with van der Waals surface area (Å²) in [6.45, 7) is -0.0212. The van der Waals surface area contributed by atoms with Gasteiger partial charge in [-0.1, -0.05) is 12.1 Å². The lowest BCUT2D eigenvalue weighted by atomic mass is 10.1. The summed E-state index contributed by atoms with van der Waals surface area (Å²) in [6.07, 6.45) is 3.19. The van der Waals surface area contributed by atoms with Crippen LogP contribution < -0.4 is 9.47 Å². The number of aromatic nitrogens is 1. The SMILES string of the molecule is COc1cccc(-c2nc(/C=C/C(=O)c3ccc(OCC#N)cc3)cs2)c1. The van der Waals surface area contributed by atoms with Gasteiger partial charge in [-0.2, -0.15) is 5.26 Å². The van der Waals surface area contributed by atoms with Gasteiger partial charge in [0.25, 0.3) is 0 Å². The molecular weight excluding hydrogens is 360 g/mol. The predicted molar refractivity (Wildman–Crippen MR) is 105 cm³/mol. The summed E-state index contributed by atoms with van der Waals surface area (Å²) in [7, 11) is 1.63. The molecule has 1 aromatic heterocycles. The molecule has 27 heavy (non-hydrogen) atoms. The molecule has 5 nitrogen and oxygen atoms in total. The Labute approximate surface area is 161 Å². The molecule has 0 saturated heterocycles. The van der Waals surface area contributed by atoms with E-state index in [4.69, 9.17) is 14.7 Å². The molecule has 3 rings (SSSR count). The van der Waals surface area contributed by atoms with E-state index in [0.717, 1.165) is 22.0 Å². The van der Waals surface area contributed by atoms with E-state index in [2.05, 4.69) is 4.98 Å². The van der Waals surface area contributed by atoms with Crippen LogP contribution in [-0.4, -0.2) is 24.5 Å². The second-order valence-corrected chi connectivity index (χ2v) is 6.34. The lowest BCUT2D eigenvalue weighted by molar-refractivity contribution is 0.104. The van der Waals surface area contributed by atoms with Crippen LogP contribution in [0.5, 0.6) is 11.5 Å². The van der Waals surface area contributed by atoms with Gasteiger partial charge < -0.3 is 9.47 Å². The van der Waals surface area contributed by atoms with Crippen LogP contribution in [0, 0.1) is 11.3 Å². The fourth-order valence-corrected chi connectivity index (χ4v) is 3.12. The Morgan fingerprint density at radius 3 is 2.78 bits per heavy atom. The minimum atomic E-state index is -0.127. The maximum absolute atomic E-state index is 12.3. The minimum Gasteiger partial charge on any atom is -0.497 e. The van der Waals surface area contributed by atoms with Crippen molar-refractivity contribution >= 4 is 23.2 Å². The quantitative estimate of drug-likeness (QED) is 0.444. The molecule has 0 spiro atoms. The topological polar surface area (TPSA) is 72.2 Å². The Bertz CT molecular complexity index is 1000. The molecule has 0 aliphatic carbocycles. The third kappa shape index (κ3) is 4.81. The number of carbonyl (C=O) groups is 1. The van der Waals surface area contributed by atoms with Gasteiger partial charge in [0.05, 0.1) is 12.8 Å². The number of thiazole rings is 1. The van der Waals surface area contributed by atoms with Crippen molar-refractivity contribution in [2.24, 2.45) is 0 Å². The molecule has 0 N–H and O–H groups in total. The highest BCUT2D eigenvalue weighted by Crippen LogP contribution is 2.27. The first-order valence-electron chi connectivity index (χ1n) is 8.12. The van der Waals surface area contributed by atoms with Crippen molar-refractivity contribution in [3.63, 3.8) is 0 Å². The van der Waals surface area contributed by atoms with E-state index in [0.29, 0.717) is 11.3 Å². The third-order valence-electron chi connectivity index (χ3n) is 3.69. The molecule has 0 aliphatic heterocycles. The average Bonchev–Trinajstić information content (AvgIpc) is 3.20. The van der Waals surface area contributed by atoms with Crippen LogP contribution in [-0.2, 0) is 0 Å². The number of methoxy groups -OCH3 is 1. The molecule has 1 heterocycles. The van der Waals surface area contributed by atoms with Crippen LogP contribution in [0.25, 0.3) is 16.6 Å². The highest BCUT2D eigenvalue weighted by atomic mass is 32.1. The summed E-state index contributed by atoms with van der Waals surface area (Å²) in [5, 5.41) is 11.3. The Kier molecular flexibility index (Phi) is 5.98. The molecule has 0 unspecified atom stereocenters. The summed E-state index contributed by atoms with van der Waals surface area (Å²) in [5.41, 5.74) is 2.23. The number of nitrogens with zero attached hydrogens (tertiary/aromatic N) is 2. The number of ether oxygens (including phenoxy) is 2. The van der Waals surface area contributed by atoms with Crippen LogP contribution in [0.3, 0.4) is 0 Å². The van der Waals surface area contributed by atoms with Crippen molar-refractivity contribution in [1.29, 1.82) is 5.26 Å². The molecule has 0 fully saturated rings. The smallest absolute Gasteiger partial charge is 0.185 e. The normalized spacial score (nSPS) is 10.5. The molecule has 0 aliphatic rings. The molecule has 3 aromatic rings. The molecule has 0 atom stereocenters. The Balaban J connectivity index is 1.68. The van der Waals surface area contributed by atoms with E-state index >= 15 is 0 Å². The number of benzene rings is 2. The zero-order valence-corrected chi connectivity index (χ0v) is 15.4. The summed E-state index contributed by atoms with van der Waals surface area (Å²) >= 11 is 1.51. The van der Waals surface area contributed by atoms with Gasteiger partial charge in [-0.05, 0) is 48.6 Å². The highest BCUT2D eigenvalue weighted by Gasteiger charge is 2.06. The molecule has 0 radical (unpaired) electrons. The van der Waals surface area contributed by atoms with E-state index in [1.165, 1.54) is 17.4 Å². The first-order chi connectivity index (χ1) is 13.2. The van der Waals surface area contributed by atoms with Gasteiger partial charge in [0.2, 0.25) is 0 Å². The third-order valence-corrected chi connectivity index (χ3v) is 4.60. The molecule has 134 valence electrons. The second-order valence-electron chi connectivity index (χ2n) is 5.48. The lowest BCUT2D eigenvalue weighted by Gasteiger charge is -2.01. The standard InChI is InChI=1S/C21H16N2O3S/c1-25-19-4-2-3-16(13-19)21-23-17(14-27-21)7-10-20(24)15-5-8-18(9-6-15)26-12-11-22/h2-10,13-14H,12H2,1H3/b10-7+. The number of allylic oxidation sites excluding steroid dienone is 1. The maximum atomic E-state index is 12.3. The Morgan fingerprint density at radius 2 is 2.04 bits per heavy atom. The Hall–Kier alpha value is -3.43. The molecule has 0 saturated carbocycles. The first-order valence-corrected chi connectivity index (χ1v) is 9.00. The zero-order valence-electron chi connectivity index (χ0n) is 14.6. The van der Waals surface area contributed by atoms with E-state index in [1.807, 2.05) is 35.7 Å². The molecular formula is C21H16N2O3S.